The first-order valence-corrected chi connectivity index (χ1v) is 6.90. The van der Waals surface area contributed by atoms with Crippen molar-refractivity contribution in [2.45, 2.75) is 18.8 Å². The van der Waals surface area contributed by atoms with Crippen LogP contribution in [0, 0.1) is 11.6 Å². The number of alkyl halides is 1. The number of nitrogens with zero attached hydrogens (tertiary/aromatic N) is 1. The molecule has 1 heterocycles. The summed E-state index contributed by atoms with van der Waals surface area (Å²) in [4.78, 5) is 23.3. The van der Waals surface area contributed by atoms with Gasteiger partial charge in [0.25, 0.3) is 5.56 Å². The van der Waals surface area contributed by atoms with Crippen LogP contribution in [0.15, 0.2) is 41.3 Å². The predicted molar refractivity (Wildman–Crippen MR) is 80.1 cm³/mol. The minimum Gasteiger partial charge on any atom is -0.324 e. The zero-order chi connectivity index (χ0) is 16.3. The monoisotopic (exact) mass is 326 g/mol. The van der Waals surface area contributed by atoms with E-state index in [1.54, 1.807) is 0 Å². The Hall–Kier alpha value is -2.21. The molecular weight excluding hydrogens is 314 g/mol. The maximum absolute atomic E-state index is 13.6. The molecular formula is C15H13ClF2N2O2. The Labute approximate surface area is 130 Å². The fourth-order valence-corrected chi connectivity index (χ4v) is 1.86. The molecule has 1 atom stereocenters. The normalized spacial score (nSPS) is 12.0. The van der Waals surface area contributed by atoms with Gasteiger partial charge in [0.05, 0.1) is 12.2 Å². The van der Waals surface area contributed by atoms with Gasteiger partial charge in [0.2, 0.25) is 5.91 Å². The number of rotatable bonds is 4. The maximum atomic E-state index is 13.6. The first-order valence-electron chi connectivity index (χ1n) is 6.46. The van der Waals surface area contributed by atoms with Crippen molar-refractivity contribution in [2.75, 3.05) is 5.32 Å². The van der Waals surface area contributed by atoms with Gasteiger partial charge in [0.1, 0.15) is 17.0 Å². The van der Waals surface area contributed by atoms with E-state index >= 15 is 0 Å². The summed E-state index contributed by atoms with van der Waals surface area (Å²) < 4.78 is 27.7. The Morgan fingerprint density at radius 3 is 2.68 bits per heavy atom. The number of anilines is 1. The van der Waals surface area contributed by atoms with Gasteiger partial charge in [-0.3, -0.25) is 9.59 Å². The molecule has 0 aliphatic heterocycles. The number of amides is 1. The molecule has 2 aromatic rings. The molecule has 116 valence electrons. The van der Waals surface area contributed by atoms with E-state index in [2.05, 4.69) is 5.32 Å². The maximum Gasteiger partial charge on any atom is 0.250 e. The third kappa shape index (κ3) is 3.92. The summed E-state index contributed by atoms with van der Waals surface area (Å²) >= 11 is 5.65. The second kappa shape index (κ2) is 6.70. The number of pyridine rings is 1. The Morgan fingerprint density at radius 1 is 1.32 bits per heavy atom. The van der Waals surface area contributed by atoms with Gasteiger partial charge in [-0.15, -0.1) is 11.6 Å². The summed E-state index contributed by atoms with van der Waals surface area (Å²) in [5, 5.41) is 1.81. The average molecular weight is 327 g/mol. The van der Waals surface area contributed by atoms with Crippen LogP contribution < -0.4 is 10.9 Å². The fraction of sp³-hybridized carbons (Fsp3) is 0.200. The van der Waals surface area contributed by atoms with E-state index in [1.807, 2.05) is 0 Å². The highest BCUT2D eigenvalue weighted by molar-refractivity contribution is 6.32. The number of carbonyl (C=O) groups is 1. The van der Waals surface area contributed by atoms with Gasteiger partial charge in [-0.05, 0) is 19.1 Å². The zero-order valence-corrected chi connectivity index (χ0v) is 12.4. The number of carbonyl (C=O) groups excluding carboxylic acids is 1. The van der Waals surface area contributed by atoms with E-state index in [1.165, 1.54) is 35.9 Å². The van der Waals surface area contributed by atoms with E-state index < -0.39 is 22.9 Å². The van der Waals surface area contributed by atoms with Crippen LogP contribution in [-0.2, 0) is 11.3 Å². The van der Waals surface area contributed by atoms with Gasteiger partial charge in [-0.1, -0.05) is 6.07 Å². The first-order chi connectivity index (χ1) is 10.4. The van der Waals surface area contributed by atoms with Gasteiger partial charge in [-0.2, -0.15) is 0 Å². The van der Waals surface area contributed by atoms with E-state index in [0.29, 0.717) is 5.69 Å². The van der Waals surface area contributed by atoms with Gasteiger partial charge < -0.3 is 9.88 Å². The smallest absolute Gasteiger partial charge is 0.250 e. The summed E-state index contributed by atoms with van der Waals surface area (Å²) in [5.74, 6) is -1.85. The molecule has 0 saturated carbocycles. The second-order valence-electron chi connectivity index (χ2n) is 4.72. The standard InChI is InChI=1S/C15H13ClF2N2O2/c1-9(16)15(22)19-12-4-5-14(21)20(8-12)7-10-2-3-11(17)6-13(10)18/h2-6,8-9H,7H2,1H3,(H,19,22). The van der Waals surface area contributed by atoms with Crippen LogP contribution in [-0.4, -0.2) is 15.9 Å². The van der Waals surface area contributed by atoms with Crippen molar-refractivity contribution >= 4 is 23.2 Å². The number of halogens is 3. The van der Waals surface area contributed by atoms with E-state index in [9.17, 15) is 18.4 Å². The van der Waals surface area contributed by atoms with Crippen molar-refractivity contribution in [1.82, 2.24) is 4.57 Å². The SMILES string of the molecule is CC(Cl)C(=O)Nc1ccc(=O)n(Cc2ccc(F)cc2F)c1. The molecule has 0 fully saturated rings. The quantitative estimate of drug-likeness (QED) is 0.878. The van der Waals surface area contributed by atoms with Crippen LogP contribution in [0.3, 0.4) is 0 Å². The van der Waals surface area contributed by atoms with Crippen molar-refractivity contribution < 1.29 is 13.6 Å². The van der Waals surface area contributed by atoms with Gasteiger partial charge in [0.15, 0.2) is 0 Å². The molecule has 7 heteroatoms. The van der Waals surface area contributed by atoms with E-state index in [0.717, 1.165) is 12.1 Å². The highest BCUT2D eigenvalue weighted by Crippen LogP contribution is 2.12. The Bertz CT molecular complexity index is 759. The third-order valence-electron chi connectivity index (χ3n) is 2.97. The number of nitrogens with one attached hydrogen (secondary N) is 1. The molecule has 0 aliphatic carbocycles. The Kier molecular flexibility index (Phi) is 4.92. The first kappa shape index (κ1) is 16.2. The second-order valence-corrected chi connectivity index (χ2v) is 5.38. The lowest BCUT2D eigenvalue weighted by Crippen LogP contribution is -2.24. The molecule has 1 aromatic heterocycles. The van der Waals surface area contributed by atoms with Crippen molar-refractivity contribution in [2.24, 2.45) is 0 Å². The largest absolute Gasteiger partial charge is 0.324 e. The van der Waals surface area contributed by atoms with Crippen LogP contribution in [0.1, 0.15) is 12.5 Å². The van der Waals surface area contributed by atoms with Crippen LogP contribution in [0.5, 0.6) is 0 Å². The van der Waals surface area contributed by atoms with Crippen molar-refractivity contribution in [3.8, 4) is 0 Å². The lowest BCUT2D eigenvalue weighted by atomic mass is 10.2. The molecule has 0 spiro atoms. The average Bonchev–Trinajstić information content (AvgIpc) is 2.45. The molecule has 0 radical (unpaired) electrons. The Morgan fingerprint density at radius 2 is 2.05 bits per heavy atom. The molecule has 1 aromatic carbocycles. The molecule has 1 unspecified atom stereocenters. The highest BCUT2D eigenvalue weighted by atomic mass is 35.5. The fourth-order valence-electron chi connectivity index (χ4n) is 1.80. The molecule has 1 amide bonds. The molecule has 1 N–H and O–H groups in total. The van der Waals surface area contributed by atoms with Crippen molar-refractivity contribution in [1.29, 1.82) is 0 Å². The topological polar surface area (TPSA) is 51.1 Å². The molecule has 0 bridgehead atoms. The predicted octanol–water partition coefficient (Wildman–Crippen LogP) is 2.74. The molecule has 0 aliphatic rings. The van der Waals surface area contributed by atoms with Crippen LogP contribution >= 0.6 is 11.6 Å². The molecule has 4 nitrogen and oxygen atoms in total. The number of benzene rings is 1. The highest BCUT2D eigenvalue weighted by Gasteiger charge is 2.11. The van der Waals surface area contributed by atoms with E-state index in [4.69, 9.17) is 11.6 Å². The number of aromatic nitrogens is 1. The van der Waals surface area contributed by atoms with Gasteiger partial charge in [0, 0.05) is 23.9 Å². The summed E-state index contributed by atoms with van der Waals surface area (Å²) in [6, 6.07) is 5.81. The van der Waals surface area contributed by atoms with Crippen molar-refractivity contribution in [3.63, 3.8) is 0 Å². The van der Waals surface area contributed by atoms with Crippen LogP contribution in [0.2, 0.25) is 0 Å². The van der Waals surface area contributed by atoms with Crippen LogP contribution in [0.4, 0.5) is 14.5 Å². The van der Waals surface area contributed by atoms with Gasteiger partial charge in [-0.25, -0.2) is 8.78 Å². The molecule has 2 rings (SSSR count). The van der Waals surface area contributed by atoms with E-state index in [-0.39, 0.29) is 17.7 Å². The summed E-state index contributed by atoms with van der Waals surface area (Å²) in [6.45, 7) is 1.44. The summed E-state index contributed by atoms with van der Waals surface area (Å²) in [5.41, 5.74) is 0.151. The Balaban J connectivity index is 2.27. The lowest BCUT2D eigenvalue weighted by Gasteiger charge is -2.11. The van der Waals surface area contributed by atoms with Crippen molar-refractivity contribution in [3.05, 3.63) is 64.1 Å². The minimum atomic E-state index is -0.740. The van der Waals surface area contributed by atoms with Gasteiger partial charge >= 0.3 is 0 Å². The zero-order valence-electron chi connectivity index (χ0n) is 11.6. The summed E-state index contributed by atoms with van der Waals surface area (Å²) in [6.07, 6.45) is 1.38. The third-order valence-corrected chi connectivity index (χ3v) is 3.17. The van der Waals surface area contributed by atoms with Crippen LogP contribution in [0.25, 0.3) is 0 Å². The summed E-state index contributed by atoms with van der Waals surface area (Å²) in [7, 11) is 0. The number of hydrogen-bond acceptors (Lipinski definition) is 2. The minimum absolute atomic E-state index is 0.0783. The number of hydrogen-bond donors (Lipinski definition) is 1. The lowest BCUT2D eigenvalue weighted by molar-refractivity contribution is -0.115. The molecule has 22 heavy (non-hydrogen) atoms. The molecule has 0 saturated heterocycles.